The Morgan fingerprint density at radius 1 is 1.05 bits per heavy atom. The highest BCUT2D eigenvalue weighted by Gasteiger charge is 2.05. The van der Waals surface area contributed by atoms with Crippen molar-refractivity contribution in [1.82, 2.24) is 9.88 Å². The summed E-state index contributed by atoms with van der Waals surface area (Å²) in [6, 6.07) is 4.27. The Bertz CT molecular complexity index is 313. The molecule has 1 N–H and O–H groups in total. The van der Waals surface area contributed by atoms with Crippen molar-refractivity contribution in [2.45, 2.75) is 53.0 Å². The van der Waals surface area contributed by atoms with E-state index < -0.39 is 0 Å². The van der Waals surface area contributed by atoms with Gasteiger partial charge in [-0.25, -0.2) is 4.98 Å². The van der Waals surface area contributed by atoms with Gasteiger partial charge in [0.15, 0.2) is 0 Å². The van der Waals surface area contributed by atoms with Gasteiger partial charge in [0.2, 0.25) is 0 Å². The van der Waals surface area contributed by atoms with Crippen molar-refractivity contribution in [2.75, 3.05) is 25.0 Å². The highest BCUT2D eigenvalue weighted by molar-refractivity contribution is 5.35. The second kappa shape index (κ2) is 9.79. The van der Waals surface area contributed by atoms with Gasteiger partial charge in [0.05, 0.1) is 0 Å². The number of aromatic nitrogens is 1. The number of rotatable bonds is 10. The lowest BCUT2D eigenvalue weighted by molar-refractivity contribution is 0.257. The molecule has 0 unspecified atom stereocenters. The van der Waals surface area contributed by atoms with Gasteiger partial charge in [-0.3, -0.25) is 4.90 Å². The lowest BCUT2D eigenvalue weighted by atomic mass is 10.2. The molecule has 1 heterocycles. The van der Waals surface area contributed by atoms with E-state index >= 15 is 0 Å². The normalized spacial score (nSPS) is 10.9. The number of hydrogen-bond acceptors (Lipinski definition) is 3. The van der Waals surface area contributed by atoms with E-state index in [-0.39, 0.29) is 0 Å². The van der Waals surface area contributed by atoms with Crippen molar-refractivity contribution < 1.29 is 0 Å². The Labute approximate surface area is 118 Å². The first-order chi connectivity index (χ1) is 9.30. The minimum absolute atomic E-state index is 0.922. The Morgan fingerprint density at radius 2 is 1.74 bits per heavy atom. The van der Waals surface area contributed by atoms with E-state index in [0.29, 0.717) is 0 Å². The average molecular weight is 263 g/mol. The first kappa shape index (κ1) is 16.0. The number of nitrogens with zero attached hydrogens (tertiary/aromatic N) is 2. The van der Waals surface area contributed by atoms with E-state index in [0.717, 1.165) is 18.9 Å². The highest BCUT2D eigenvalue weighted by atomic mass is 15.1. The van der Waals surface area contributed by atoms with Gasteiger partial charge in [-0.1, -0.05) is 32.8 Å². The Hall–Kier alpha value is -1.09. The summed E-state index contributed by atoms with van der Waals surface area (Å²) in [6.07, 6.45) is 7.10. The Balaban J connectivity index is 2.51. The maximum atomic E-state index is 4.44. The van der Waals surface area contributed by atoms with Crippen molar-refractivity contribution in [3.63, 3.8) is 0 Å². The molecule has 0 saturated carbocycles. The van der Waals surface area contributed by atoms with Crippen molar-refractivity contribution in [3.05, 3.63) is 23.9 Å². The lowest BCUT2D eigenvalue weighted by Crippen LogP contribution is -2.25. The lowest BCUT2D eigenvalue weighted by Gasteiger charge is -2.22. The smallest absolute Gasteiger partial charge is 0.125 e. The summed E-state index contributed by atoms with van der Waals surface area (Å²) in [5, 5.41) is 3.23. The van der Waals surface area contributed by atoms with Crippen molar-refractivity contribution in [1.29, 1.82) is 0 Å². The summed E-state index contributed by atoms with van der Waals surface area (Å²) in [4.78, 5) is 7.00. The largest absolute Gasteiger partial charge is 0.370 e. The summed E-state index contributed by atoms with van der Waals surface area (Å²) >= 11 is 0. The van der Waals surface area contributed by atoms with E-state index in [1.807, 2.05) is 6.20 Å². The van der Waals surface area contributed by atoms with Gasteiger partial charge < -0.3 is 5.32 Å². The summed E-state index contributed by atoms with van der Waals surface area (Å²) in [5.41, 5.74) is 1.31. The number of hydrogen-bond donors (Lipinski definition) is 1. The summed E-state index contributed by atoms with van der Waals surface area (Å²) < 4.78 is 0. The monoisotopic (exact) mass is 263 g/mol. The molecule has 1 aromatic rings. The van der Waals surface area contributed by atoms with Crippen LogP contribution in [0.1, 0.15) is 52.0 Å². The zero-order chi connectivity index (χ0) is 13.9. The number of unbranched alkanes of at least 4 members (excludes halogenated alkanes) is 2. The number of nitrogens with one attached hydrogen (secondary N) is 1. The van der Waals surface area contributed by atoms with E-state index in [2.05, 4.69) is 48.1 Å². The summed E-state index contributed by atoms with van der Waals surface area (Å²) in [7, 11) is 0. The number of pyridine rings is 1. The second-order valence-corrected chi connectivity index (χ2v) is 5.07. The van der Waals surface area contributed by atoms with E-state index in [1.165, 1.54) is 44.3 Å². The first-order valence-electron chi connectivity index (χ1n) is 7.71. The molecule has 0 atom stereocenters. The molecule has 0 saturated heterocycles. The Kier molecular flexibility index (Phi) is 8.23. The molecule has 0 bridgehead atoms. The fourth-order valence-electron chi connectivity index (χ4n) is 2.10. The summed E-state index contributed by atoms with van der Waals surface area (Å²) in [5.74, 6) is 0.972. The van der Waals surface area contributed by atoms with Gasteiger partial charge in [-0.2, -0.15) is 0 Å². The van der Waals surface area contributed by atoms with Crippen LogP contribution in [-0.2, 0) is 6.54 Å². The fourth-order valence-corrected chi connectivity index (χ4v) is 2.10. The zero-order valence-corrected chi connectivity index (χ0v) is 12.8. The molecule has 1 rings (SSSR count). The zero-order valence-electron chi connectivity index (χ0n) is 12.8. The van der Waals surface area contributed by atoms with Crippen LogP contribution in [0, 0.1) is 0 Å². The van der Waals surface area contributed by atoms with Crippen LogP contribution in [0.4, 0.5) is 5.82 Å². The molecule has 0 aliphatic rings. The molecule has 0 radical (unpaired) electrons. The van der Waals surface area contributed by atoms with Crippen LogP contribution in [-0.4, -0.2) is 29.5 Å². The molecule has 3 nitrogen and oxygen atoms in total. The quantitative estimate of drug-likeness (QED) is 0.693. The van der Waals surface area contributed by atoms with Crippen LogP contribution in [0.25, 0.3) is 0 Å². The van der Waals surface area contributed by atoms with Crippen LogP contribution in [0.15, 0.2) is 18.3 Å². The van der Waals surface area contributed by atoms with Crippen LogP contribution in [0.5, 0.6) is 0 Å². The van der Waals surface area contributed by atoms with Gasteiger partial charge in [-0.05, 0) is 44.5 Å². The molecular formula is C16H29N3. The molecule has 0 fully saturated rings. The Morgan fingerprint density at radius 3 is 2.21 bits per heavy atom. The van der Waals surface area contributed by atoms with Crippen molar-refractivity contribution >= 4 is 5.82 Å². The van der Waals surface area contributed by atoms with Crippen molar-refractivity contribution in [2.24, 2.45) is 0 Å². The van der Waals surface area contributed by atoms with E-state index in [4.69, 9.17) is 0 Å². The highest BCUT2D eigenvalue weighted by Crippen LogP contribution is 2.09. The van der Waals surface area contributed by atoms with Gasteiger partial charge in [0, 0.05) is 19.3 Å². The van der Waals surface area contributed by atoms with Crippen LogP contribution < -0.4 is 5.32 Å². The van der Waals surface area contributed by atoms with Gasteiger partial charge >= 0.3 is 0 Å². The van der Waals surface area contributed by atoms with E-state index in [1.54, 1.807) is 0 Å². The minimum Gasteiger partial charge on any atom is -0.370 e. The van der Waals surface area contributed by atoms with Gasteiger partial charge in [0.25, 0.3) is 0 Å². The predicted octanol–water partition coefficient (Wildman–Crippen LogP) is 3.92. The molecule has 0 aliphatic carbocycles. The topological polar surface area (TPSA) is 28.2 Å². The van der Waals surface area contributed by atoms with Gasteiger partial charge in [-0.15, -0.1) is 0 Å². The molecular weight excluding hydrogens is 234 g/mol. The molecule has 108 valence electrons. The first-order valence-corrected chi connectivity index (χ1v) is 7.71. The van der Waals surface area contributed by atoms with Crippen LogP contribution in [0.3, 0.4) is 0 Å². The fraction of sp³-hybridized carbons (Fsp3) is 0.688. The molecule has 3 heteroatoms. The standard InChI is InChI=1S/C16H29N3/c1-4-7-11-19(12-8-5-2)14-15-9-10-16(17-6-3)18-13-15/h9-10,13H,4-8,11-12,14H2,1-3H3,(H,17,18). The SMILES string of the molecule is CCCCN(CCCC)Cc1ccc(NCC)nc1. The minimum atomic E-state index is 0.922. The molecule has 0 aliphatic heterocycles. The number of anilines is 1. The van der Waals surface area contributed by atoms with Crippen molar-refractivity contribution in [3.8, 4) is 0 Å². The molecule has 19 heavy (non-hydrogen) atoms. The average Bonchev–Trinajstić information content (AvgIpc) is 2.44. The van der Waals surface area contributed by atoms with E-state index in [9.17, 15) is 0 Å². The molecule has 1 aromatic heterocycles. The molecule has 0 amide bonds. The second-order valence-electron chi connectivity index (χ2n) is 5.07. The van der Waals surface area contributed by atoms with Gasteiger partial charge in [0.1, 0.15) is 5.82 Å². The third kappa shape index (κ3) is 6.58. The van der Waals surface area contributed by atoms with Crippen LogP contribution in [0.2, 0.25) is 0 Å². The molecule has 0 aromatic carbocycles. The summed E-state index contributed by atoms with van der Waals surface area (Å²) in [6.45, 7) is 10.9. The third-order valence-electron chi connectivity index (χ3n) is 3.24. The molecule has 0 spiro atoms. The predicted molar refractivity (Wildman–Crippen MR) is 83.5 cm³/mol. The van der Waals surface area contributed by atoms with Crippen LogP contribution >= 0.6 is 0 Å². The maximum Gasteiger partial charge on any atom is 0.125 e. The third-order valence-corrected chi connectivity index (χ3v) is 3.24. The maximum absolute atomic E-state index is 4.44.